The predicted molar refractivity (Wildman–Crippen MR) is 152 cm³/mol. The van der Waals surface area contributed by atoms with E-state index in [-0.39, 0.29) is 17.8 Å². The van der Waals surface area contributed by atoms with E-state index in [0.29, 0.717) is 42.2 Å². The van der Waals surface area contributed by atoms with Crippen molar-refractivity contribution in [2.75, 3.05) is 19.0 Å². The molecule has 2 aromatic heterocycles. The lowest BCUT2D eigenvalue weighted by Gasteiger charge is -2.14. The zero-order valence-electron chi connectivity index (χ0n) is 23.7. The molecule has 0 fully saturated rings. The number of unbranched alkanes of at least 4 members (excludes halogenated alkanes) is 1. The van der Waals surface area contributed by atoms with Crippen LogP contribution >= 0.6 is 0 Å². The standard InChI is InChI=1S/C31H34F3N5O2/c1-5-26-18-29(36-19-35-26)39-30(12-21(3)38-39)37-27-15-23(10-9-20(27)2)16-28(40)24-13-22(8-6-7-11-41-4)14-25(17-24)31(32,33)34/h9-10,12-15,17-19,37H,5-8,11,16H2,1-4H3. The highest BCUT2D eigenvalue weighted by atomic mass is 19.4. The Morgan fingerprint density at radius 1 is 1.00 bits per heavy atom. The molecule has 41 heavy (non-hydrogen) atoms. The Hall–Kier alpha value is -4.05. The molecule has 4 rings (SSSR count). The number of aryl methyl sites for hydroxylation is 4. The minimum Gasteiger partial charge on any atom is -0.385 e. The maximum Gasteiger partial charge on any atom is 0.416 e. The highest BCUT2D eigenvalue weighted by molar-refractivity contribution is 5.98. The first kappa shape index (κ1) is 29.9. The van der Waals surface area contributed by atoms with Crippen molar-refractivity contribution in [1.29, 1.82) is 0 Å². The van der Waals surface area contributed by atoms with Gasteiger partial charge in [-0.1, -0.05) is 19.1 Å². The molecule has 2 aromatic carbocycles. The van der Waals surface area contributed by atoms with Crippen molar-refractivity contribution >= 4 is 17.3 Å². The quantitative estimate of drug-likeness (QED) is 0.147. The van der Waals surface area contributed by atoms with E-state index in [1.165, 1.54) is 6.33 Å². The highest BCUT2D eigenvalue weighted by Crippen LogP contribution is 2.32. The third kappa shape index (κ3) is 7.79. The van der Waals surface area contributed by atoms with Gasteiger partial charge < -0.3 is 10.1 Å². The van der Waals surface area contributed by atoms with Crippen molar-refractivity contribution in [2.45, 2.75) is 59.1 Å². The fourth-order valence-electron chi connectivity index (χ4n) is 4.53. The van der Waals surface area contributed by atoms with Crippen LogP contribution in [0.4, 0.5) is 24.7 Å². The van der Waals surface area contributed by atoms with E-state index < -0.39 is 11.7 Å². The van der Waals surface area contributed by atoms with Gasteiger partial charge in [0.15, 0.2) is 11.6 Å². The Morgan fingerprint density at radius 2 is 1.80 bits per heavy atom. The summed E-state index contributed by atoms with van der Waals surface area (Å²) in [6.07, 6.45) is -0.485. The van der Waals surface area contributed by atoms with Crippen molar-refractivity contribution in [3.63, 3.8) is 0 Å². The van der Waals surface area contributed by atoms with E-state index in [1.54, 1.807) is 17.9 Å². The molecule has 0 saturated heterocycles. The fourth-order valence-corrected chi connectivity index (χ4v) is 4.53. The number of carbonyl (C=O) groups excluding carboxylic acids is 1. The first-order chi connectivity index (χ1) is 19.6. The number of methoxy groups -OCH3 is 1. The fraction of sp³-hybridized carbons (Fsp3) is 0.355. The van der Waals surface area contributed by atoms with Crippen LogP contribution in [0.15, 0.2) is 54.9 Å². The summed E-state index contributed by atoms with van der Waals surface area (Å²) in [6.45, 7) is 6.36. The third-order valence-corrected chi connectivity index (χ3v) is 6.76. The molecule has 1 N–H and O–H groups in total. The Bertz CT molecular complexity index is 1510. The number of hydrogen-bond donors (Lipinski definition) is 1. The molecule has 216 valence electrons. The monoisotopic (exact) mass is 565 g/mol. The second-order valence-electron chi connectivity index (χ2n) is 10.0. The van der Waals surface area contributed by atoms with Crippen molar-refractivity contribution in [3.05, 3.63) is 94.1 Å². The van der Waals surface area contributed by atoms with E-state index in [9.17, 15) is 18.0 Å². The molecule has 2 heterocycles. The van der Waals surface area contributed by atoms with Gasteiger partial charge in [-0.25, -0.2) is 9.97 Å². The average Bonchev–Trinajstić information content (AvgIpc) is 3.32. The summed E-state index contributed by atoms with van der Waals surface area (Å²) < 4.78 is 47.6. The number of alkyl halides is 3. The number of benzene rings is 2. The van der Waals surface area contributed by atoms with E-state index >= 15 is 0 Å². The number of nitrogens with one attached hydrogen (secondary N) is 1. The molecular weight excluding hydrogens is 531 g/mol. The number of ketones is 1. The first-order valence-electron chi connectivity index (χ1n) is 13.5. The molecule has 10 heteroatoms. The molecule has 0 aliphatic carbocycles. The molecule has 0 atom stereocenters. The highest BCUT2D eigenvalue weighted by Gasteiger charge is 2.31. The Balaban J connectivity index is 1.57. The summed E-state index contributed by atoms with van der Waals surface area (Å²) in [5.41, 5.74) is 3.78. The summed E-state index contributed by atoms with van der Waals surface area (Å²) in [6, 6.07) is 13.0. The van der Waals surface area contributed by atoms with Crippen LogP contribution in [-0.2, 0) is 30.2 Å². The van der Waals surface area contributed by atoms with Gasteiger partial charge in [0, 0.05) is 49.2 Å². The molecule has 0 radical (unpaired) electrons. The van der Waals surface area contributed by atoms with Crippen LogP contribution in [0.1, 0.15) is 63.8 Å². The molecule has 0 aliphatic rings. The molecular formula is C31H34F3N5O2. The molecule has 4 aromatic rings. The van der Waals surface area contributed by atoms with Crippen LogP contribution in [-0.4, -0.2) is 39.2 Å². The Kier molecular flexibility index (Phi) is 9.54. The maximum absolute atomic E-state index is 13.6. The minimum atomic E-state index is -4.54. The van der Waals surface area contributed by atoms with Crippen molar-refractivity contribution in [2.24, 2.45) is 0 Å². The lowest BCUT2D eigenvalue weighted by atomic mass is 9.96. The minimum absolute atomic E-state index is 0.0382. The zero-order valence-corrected chi connectivity index (χ0v) is 23.7. The van der Waals surface area contributed by atoms with Gasteiger partial charge in [-0.3, -0.25) is 4.79 Å². The summed E-state index contributed by atoms with van der Waals surface area (Å²) >= 11 is 0. The summed E-state index contributed by atoms with van der Waals surface area (Å²) in [5, 5.41) is 7.96. The lowest BCUT2D eigenvalue weighted by Crippen LogP contribution is -2.11. The molecule has 0 aliphatic heterocycles. The SMILES string of the molecule is CCc1cc(-n2nc(C)cc2Nc2cc(CC(=O)c3cc(CCCCOC)cc(C(F)(F)F)c3)ccc2C)ncn1. The maximum atomic E-state index is 13.6. The summed E-state index contributed by atoms with van der Waals surface area (Å²) in [5.74, 6) is 0.933. The van der Waals surface area contributed by atoms with Gasteiger partial charge in [0.05, 0.1) is 11.3 Å². The van der Waals surface area contributed by atoms with E-state index in [2.05, 4.69) is 20.4 Å². The van der Waals surface area contributed by atoms with Gasteiger partial charge in [-0.2, -0.15) is 23.0 Å². The van der Waals surface area contributed by atoms with Gasteiger partial charge in [-0.05, 0) is 80.5 Å². The van der Waals surface area contributed by atoms with Gasteiger partial charge in [0.1, 0.15) is 12.1 Å². The van der Waals surface area contributed by atoms with Crippen molar-refractivity contribution in [1.82, 2.24) is 19.7 Å². The van der Waals surface area contributed by atoms with E-state index in [4.69, 9.17) is 4.74 Å². The van der Waals surface area contributed by atoms with Gasteiger partial charge in [-0.15, -0.1) is 0 Å². The first-order valence-corrected chi connectivity index (χ1v) is 13.5. The van der Waals surface area contributed by atoms with Gasteiger partial charge in [0.25, 0.3) is 0 Å². The summed E-state index contributed by atoms with van der Waals surface area (Å²) in [4.78, 5) is 21.9. The van der Waals surface area contributed by atoms with Crippen molar-refractivity contribution < 1.29 is 22.7 Å². The second kappa shape index (κ2) is 13.1. The van der Waals surface area contributed by atoms with Crippen LogP contribution in [0.3, 0.4) is 0 Å². The van der Waals surface area contributed by atoms with E-state index in [1.807, 2.05) is 51.1 Å². The topological polar surface area (TPSA) is 81.9 Å². The van der Waals surface area contributed by atoms with Crippen molar-refractivity contribution in [3.8, 4) is 5.82 Å². The molecule has 0 spiro atoms. The number of halogens is 3. The normalized spacial score (nSPS) is 11.6. The molecule has 0 unspecified atom stereocenters. The largest absolute Gasteiger partial charge is 0.416 e. The number of anilines is 2. The number of ether oxygens (including phenoxy) is 1. The number of nitrogens with zero attached hydrogens (tertiary/aromatic N) is 4. The molecule has 7 nitrogen and oxygen atoms in total. The molecule has 0 saturated carbocycles. The number of rotatable bonds is 12. The third-order valence-electron chi connectivity index (χ3n) is 6.76. The number of carbonyl (C=O) groups is 1. The Morgan fingerprint density at radius 3 is 2.54 bits per heavy atom. The second-order valence-corrected chi connectivity index (χ2v) is 10.0. The van der Waals surface area contributed by atoms with Gasteiger partial charge in [0.2, 0.25) is 0 Å². The van der Waals surface area contributed by atoms with Crippen LogP contribution < -0.4 is 5.32 Å². The number of Topliss-reactive ketones (excluding diaryl/α,β-unsaturated/α-hetero) is 1. The number of aromatic nitrogens is 4. The smallest absolute Gasteiger partial charge is 0.385 e. The van der Waals surface area contributed by atoms with E-state index in [0.717, 1.165) is 47.6 Å². The van der Waals surface area contributed by atoms with Crippen LogP contribution in [0.5, 0.6) is 0 Å². The zero-order chi connectivity index (χ0) is 29.6. The molecule has 0 bridgehead atoms. The van der Waals surface area contributed by atoms with Crippen LogP contribution in [0, 0.1) is 13.8 Å². The average molecular weight is 566 g/mol. The summed E-state index contributed by atoms with van der Waals surface area (Å²) in [7, 11) is 1.59. The van der Waals surface area contributed by atoms with Crippen LogP contribution in [0.25, 0.3) is 5.82 Å². The molecule has 0 amide bonds. The predicted octanol–water partition coefficient (Wildman–Crippen LogP) is 7.00. The lowest BCUT2D eigenvalue weighted by molar-refractivity contribution is -0.137. The number of hydrogen-bond acceptors (Lipinski definition) is 6. The van der Waals surface area contributed by atoms with Gasteiger partial charge >= 0.3 is 6.18 Å². The van der Waals surface area contributed by atoms with Crippen LogP contribution in [0.2, 0.25) is 0 Å². The Labute approximate surface area is 237 Å².